The molecule has 0 radical (unpaired) electrons. The van der Waals surface area contributed by atoms with Crippen LogP contribution in [-0.2, 0) is 16.0 Å². The van der Waals surface area contributed by atoms with Crippen LogP contribution in [0.15, 0.2) is 72.8 Å². The van der Waals surface area contributed by atoms with Crippen LogP contribution < -0.4 is 10.1 Å². The first-order chi connectivity index (χ1) is 15.0. The molecule has 5 nitrogen and oxygen atoms in total. The molecule has 0 spiro atoms. The minimum absolute atomic E-state index is 0.0181. The van der Waals surface area contributed by atoms with Crippen molar-refractivity contribution in [1.82, 2.24) is 4.90 Å². The monoisotopic (exact) mass is 414 g/mol. The number of hydrogen-bond donors (Lipinski definition) is 1. The fourth-order valence-electron chi connectivity index (χ4n) is 4.02. The van der Waals surface area contributed by atoms with E-state index >= 15 is 0 Å². The van der Waals surface area contributed by atoms with Crippen LogP contribution in [0.4, 0.5) is 5.69 Å². The van der Waals surface area contributed by atoms with Crippen molar-refractivity contribution in [1.29, 1.82) is 0 Å². The van der Waals surface area contributed by atoms with Crippen LogP contribution in [0.1, 0.15) is 36.1 Å². The molecule has 1 N–H and O–H groups in total. The molecule has 0 aliphatic carbocycles. The first-order valence-corrected chi connectivity index (χ1v) is 10.5. The van der Waals surface area contributed by atoms with Crippen LogP contribution in [-0.4, -0.2) is 23.3 Å². The van der Waals surface area contributed by atoms with Gasteiger partial charge in [0, 0.05) is 13.5 Å². The lowest BCUT2D eigenvalue weighted by Crippen LogP contribution is -2.40. The summed E-state index contributed by atoms with van der Waals surface area (Å²) in [6.45, 7) is 4.20. The van der Waals surface area contributed by atoms with E-state index in [1.807, 2.05) is 73.7 Å². The van der Waals surface area contributed by atoms with Gasteiger partial charge in [-0.15, -0.1) is 0 Å². The fraction of sp³-hybridized carbons (Fsp3) is 0.231. The Morgan fingerprint density at radius 2 is 1.71 bits per heavy atom. The summed E-state index contributed by atoms with van der Waals surface area (Å²) in [6, 6.07) is 22.9. The zero-order valence-electron chi connectivity index (χ0n) is 17.8. The number of nitrogens with zero attached hydrogens (tertiary/aromatic N) is 1. The molecule has 3 aromatic carbocycles. The van der Waals surface area contributed by atoms with Crippen molar-refractivity contribution in [2.24, 2.45) is 0 Å². The molecular weight excluding hydrogens is 388 g/mol. The Labute approximate surface area is 182 Å². The zero-order chi connectivity index (χ0) is 21.8. The summed E-state index contributed by atoms with van der Waals surface area (Å²) in [5.74, 6) is 1.10. The lowest BCUT2D eigenvalue weighted by atomic mass is 9.90. The maximum absolute atomic E-state index is 13.0. The summed E-state index contributed by atoms with van der Waals surface area (Å²) >= 11 is 0. The zero-order valence-corrected chi connectivity index (χ0v) is 17.8. The highest BCUT2D eigenvalue weighted by atomic mass is 16.5. The van der Waals surface area contributed by atoms with Crippen molar-refractivity contribution < 1.29 is 14.3 Å². The third kappa shape index (κ3) is 4.77. The standard InChI is InChI=1S/C26H26N2O3/c1-18-11-13-21(14-12-18)31-25-10-6-5-9-23(25)27-26(30)17-24-22-8-4-3-7-20(22)15-16-28(24)19(2)29/h3-14,24H,15-17H2,1-2H3,(H,27,30). The second kappa shape index (κ2) is 9.04. The van der Waals surface area contributed by atoms with Gasteiger partial charge < -0.3 is 15.0 Å². The predicted octanol–water partition coefficient (Wildman–Crippen LogP) is 5.26. The number of para-hydroxylation sites is 2. The molecule has 0 aromatic heterocycles. The molecule has 0 bridgehead atoms. The van der Waals surface area contributed by atoms with Crippen molar-refractivity contribution in [3.63, 3.8) is 0 Å². The van der Waals surface area contributed by atoms with E-state index in [9.17, 15) is 9.59 Å². The molecule has 0 saturated carbocycles. The number of aryl methyl sites for hydroxylation is 1. The van der Waals surface area contributed by atoms with Gasteiger partial charge >= 0.3 is 0 Å². The number of hydrogen-bond acceptors (Lipinski definition) is 3. The molecule has 0 saturated heterocycles. The Hall–Kier alpha value is -3.60. The molecule has 3 aromatic rings. The lowest BCUT2D eigenvalue weighted by Gasteiger charge is -2.36. The quantitative estimate of drug-likeness (QED) is 0.619. The molecule has 2 amide bonds. The van der Waals surface area contributed by atoms with Gasteiger partial charge in [0.2, 0.25) is 11.8 Å². The van der Waals surface area contributed by atoms with Crippen molar-refractivity contribution >= 4 is 17.5 Å². The normalized spacial score (nSPS) is 15.2. The second-order valence-corrected chi connectivity index (χ2v) is 7.84. The number of amides is 2. The number of carbonyl (C=O) groups is 2. The van der Waals surface area contributed by atoms with E-state index in [1.54, 1.807) is 11.8 Å². The lowest BCUT2D eigenvalue weighted by molar-refractivity contribution is -0.132. The molecule has 0 fully saturated rings. The molecule has 4 rings (SSSR count). The van der Waals surface area contributed by atoms with E-state index in [0.29, 0.717) is 23.7 Å². The van der Waals surface area contributed by atoms with Crippen molar-refractivity contribution in [2.45, 2.75) is 32.7 Å². The number of rotatable bonds is 5. The minimum atomic E-state index is -0.271. The Morgan fingerprint density at radius 1 is 1.00 bits per heavy atom. The third-order valence-electron chi connectivity index (χ3n) is 5.61. The Balaban J connectivity index is 1.52. The van der Waals surface area contributed by atoms with Gasteiger partial charge in [0.25, 0.3) is 0 Å². The van der Waals surface area contributed by atoms with Gasteiger partial charge in [-0.25, -0.2) is 0 Å². The maximum Gasteiger partial charge on any atom is 0.226 e. The van der Waals surface area contributed by atoms with Crippen LogP contribution in [0.25, 0.3) is 0 Å². The largest absolute Gasteiger partial charge is 0.455 e. The number of ether oxygens (including phenoxy) is 1. The van der Waals surface area contributed by atoms with Gasteiger partial charge in [-0.05, 0) is 48.7 Å². The molecular formula is C26H26N2O3. The third-order valence-corrected chi connectivity index (χ3v) is 5.61. The summed E-state index contributed by atoms with van der Waals surface area (Å²) in [5.41, 5.74) is 3.99. The van der Waals surface area contributed by atoms with Gasteiger partial charge in [0.15, 0.2) is 5.75 Å². The average molecular weight is 415 g/mol. The number of anilines is 1. The molecule has 5 heteroatoms. The molecule has 1 unspecified atom stereocenters. The van der Waals surface area contributed by atoms with Crippen LogP contribution in [0.3, 0.4) is 0 Å². The van der Waals surface area contributed by atoms with Crippen molar-refractivity contribution in [3.8, 4) is 11.5 Å². The highest BCUT2D eigenvalue weighted by Gasteiger charge is 2.30. The van der Waals surface area contributed by atoms with E-state index < -0.39 is 0 Å². The first-order valence-electron chi connectivity index (χ1n) is 10.5. The van der Waals surface area contributed by atoms with Crippen LogP contribution in [0.5, 0.6) is 11.5 Å². The summed E-state index contributed by atoms with van der Waals surface area (Å²) in [7, 11) is 0. The van der Waals surface area contributed by atoms with E-state index in [0.717, 1.165) is 17.5 Å². The van der Waals surface area contributed by atoms with Crippen molar-refractivity contribution in [2.75, 3.05) is 11.9 Å². The van der Waals surface area contributed by atoms with Gasteiger partial charge in [-0.3, -0.25) is 9.59 Å². The smallest absolute Gasteiger partial charge is 0.226 e. The van der Waals surface area contributed by atoms with Gasteiger partial charge in [0.1, 0.15) is 5.75 Å². The molecule has 1 atom stereocenters. The highest BCUT2D eigenvalue weighted by Crippen LogP contribution is 2.34. The molecule has 158 valence electrons. The van der Waals surface area contributed by atoms with Gasteiger partial charge in [-0.1, -0.05) is 54.1 Å². The average Bonchev–Trinajstić information content (AvgIpc) is 2.76. The van der Waals surface area contributed by atoms with Crippen LogP contribution in [0.2, 0.25) is 0 Å². The van der Waals surface area contributed by atoms with E-state index in [4.69, 9.17) is 4.74 Å². The van der Waals surface area contributed by atoms with E-state index in [2.05, 4.69) is 11.4 Å². The number of fused-ring (bicyclic) bond motifs is 1. The van der Waals surface area contributed by atoms with E-state index in [-0.39, 0.29) is 24.3 Å². The topological polar surface area (TPSA) is 58.6 Å². The molecule has 1 aliphatic rings. The number of nitrogens with one attached hydrogen (secondary N) is 1. The predicted molar refractivity (Wildman–Crippen MR) is 121 cm³/mol. The molecule has 31 heavy (non-hydrogen) atoms. The summed E-state index contributed by atoms with van der Waals surface area (Å²) in [6.07, 6.45) is 0.997. The summed E-state index contributed by atoms with van der Waals surface area (Å²) in [5, 5.41) is 2.98. The summed E-state index contributed by atoms with van der Waals surface area (Å²) < 4.78 is 5.99. The van der Waals surface area contributed by atoms with E-state index in [1.165, 1.54) is 5.56 Å². The Bertz CT molecular complexity index is 1090. The summed E-state index contributed by atoms with van der Waals surface area (Å²) in [4.78, 5) is 27.0. The first kappa shape index (κ1) is 20.7. The van der Waals surface area contributed by atoms with Gasteiger partial charge in [0.05, 0.1) is 18.2 Å². The van der Waals surface area contributed by atoms with Crippen LogP contribution in [0, 0.1) is 6.92 Å². The van der Waals surface area contributed by atoms with Gasteiger partial charge in [-0.2, -0.15) is 0 Å². The van der Waals surface area contributed by atoms with Crippen molar-refractivity contribution in [3.05, 3.63) is 89.5 Å². The fourth-order valence-corrected chi connectivity index (χ4v) is 4.02. The SMILES string of the molecule is CC(=O)N1CCc2ccccc2C1CC(=O)Nc1ccccc1Oc1ccc(C)cc1. The Kier molecular flexibility index (Phi) is 6.03. The van der Waals surface area contributed by atoms with Crippen LogP contribution >= 0.6 is 0 Å². The second-order valence-electron chi connectivity index (χ2n) is 7.84. The minimum Gasteiger partial charge on any atom is -0.455 e. The number of benzene rings is 3. The maximum atomic E-state index is 13.0. The molecule has 1 aliphatic heterocycles. The highest BCUT2D eigenvalue weighted by molar-refractivity contribution is 5.93. The number of carbonyl (C=O) groups excluding carboxylic acids is 2. The molecule has 1 heterocycles. The Morgan fingerprint density at radius 3 is 2.48 bits per heavy atom.